The highest BCUT2D eigenvalue weighted by Gasteiger charge is 2.12. The van der Waals surface area contributed by atoms with Crippen molar-refractivity contribution in [3.8, 4) is 10.8 Å². The van der Waals surface area contributed by atoms with Crippen LogP contribution in [0.3, 0.4) is 0 Å². The van der Waals surface area contributed by atoms with Crippen molar-refractivity contribution >= 4 is 22.9 Å². The third-order valence-electron chi connectivity index (χ3n) is 3.52. The molecule has 0 spiro atoms. The fourth-order valence-corrected chi connectivity index (χ4v) is 3.14. The van der Waals surface area contributed by atoms with Gasteiger partial charge in [-0.1, -0.05) is 25.1 Å². The van der Waals surface area contributed by atoms with Crippen LogP contribution in [0.5, 0.6) is 0 Å². The Morgan fingerprint density at radius 3 is 2.83 bits per heavy atom. The smallest absolute Gasteiger partial charge is 0.230 e. The monoisotopic (exact) mass is 326 g/mol. The molecule has 1 amide bonds. The zero-order valence-corrected chi connectivity index (χ0v) is 13.9. The molecule has 3 rings (SSSR count). The molecule has 0 aliphatic carbocycles. The van der Waals surface area contributed by atoms with Crippen LogP contribution in [0.2, 0.25) is 0 Å². The summed E-state index contributed by atoms with van der Waals surface area (Å²) in [5.41, 5.74) is 2.76. The average molecular weight is 326 g/mol. The van der Waals surface area contributed by atoms with Gasteiger partial charge in [0.05, 0.1) is 12.1 Å². The molecule has 1 N–H and O–H groups in total. The molecule has 0 unspecified atom stereocenters. The van der Waals surface area contributed by atoms with Crippen molar-refractivity contribution < 1.29 is 9.21 Å². The number of thiazole rings is 1. The van der Waals surface area contributed by atoms with Gasteiger partial charge in [-0.15, -0.1) is 11.3 Å². The molecule has 0 saturated carbocycles. The minimum absolute atomic E-state index is 0.0571. The number of aryl methyl sites for hydroxylation is 2. The Bertz CT molecular complexity index is 820. The van der Waals surface area contributed by atoms with Crippen molar-refractivity contribution in [3.05, 3.63) is 58.8 Å². The molecule has 23 heavy (non-hydrogen) atoms. The normalized spacial score (nSPS) is 10.7. The molecule has 0 aliphatic heterocycles. The van der Waals surface area contributed by atoms with Crippen molar-refractivity contribution in [2.45, 2.75) is 26.7 Å². The highest BCUT2D eigenvalue weighted by Crippen LogP contribution is 2.26. The fraction of sp³-hybridized carbons (Fsp3) is 0.222. The lowest BCUT2D eigenvalue weighted by Crippen LogP contribution is -2.15. The molecule has 0 fully saturated rings. The van der Waals surface area contributed by atoms with Crippen LogP contribution >= 0.6 is 11.3 Å². The summed E-state index contributed by atoms with van der Waals surface area (Å²) in [6, 6.07) is 11.7. The summed E-state index contributed by atoms with van der Waals surface area (Å²) in [5, 5.41) is 5.67. The molecule has 5 heteroatoms. The molecule has 0 bridgehead atoms. The number of anilines is 1. The number of nitrogens with zero attached hydrogens (tertiary/aromatic N) is 1. The Morgan fingerprint density at radius 1 is 1.26 bits per heavy atom. The number of carbonyl (C=O) groups excluding carboxylic acids is 1. The summed E-state index contributed by atoms with van der Waals surface area (Å²) in [6.07, 6.45) is 1.14. The van der Waals surface area contributed by atoms with Crippen LogP contribution in [0.1, 0.15) is 23.9 Å². The molecule has 0 radical (unpaired) electrons. The molecule has 1 aromatic carbocycles. The third-order valence-corrected chi connectivity index (χ3v) is 4.42. The molecular weight excluding hydrogens is 308 g/mol. The van der Waals surface area contributed by atoms with Crippen LogP contribution in [0.4, 0.5) is 5.69 Å². The Hall–Kier alpha value is -2.40. The van der Waals surface area contributed by atoms with Gasteiger partial charge in [0, 0.05) is 11.1 Å². The summed E-state index contributed by atoms with van der Waals surface area (Å²) >= 11 is 1.49. The number of rotatable bonds is 5. The minimum Gasteiger partial charge on any atom is -0.459 e. The van der Waals surface area contributed by atoms with Crippen molar-refractivity contribution in [1.82, 2.24) is 4.98 Å². The second-order valence-electron chi connectivity index (χ2n) is 5.29. The summed E-state index contributed by atoms with van der Waals surface area (Å²) in [4.78, 5) is 16.7. The molecule has 118 valence electrons. The van der Waals surface area contributed by atoms with Crippen molar-refractivity contribution in [2.24, 2.45) is 0 Å². The number of amides is 1. The average Bonchev–Trinajstić information content (AvgIpc) is 3.16. The van der Waals surface area contributed by atoms with E-state index in [1.54, 1.807) is 0 Å². The first-order chi connectivity index (χ1) is 11.2. The number of aromatic nitrogens is 1. The lowest BCUT2D eigenvalue weighted by molar-refractivity contribution is -0.115. The Kier molecular flexibility index (Phi) is 4.57. The van der Waals surface area contributed by atoms with Gasteiger partial charge in [0.1, 0.15) is 5.76 Å². The summed E-state index contributed by atoms with van der Waals surface area (Å²) in [6.45, 7) is 3.97. The second-order valence-corrected chi connectivity index (χ2v) is 6.15. The standard InChI is InChI=1S/C18H18N2O2S/c1-3-13-6-4-5-7-15(13)20-17(21)10-14-11-23-18(19-14)16-9-8-12(2)22-16/h4-9,11H,3,10H2,1-2H3,(H,20,21). The van der Waals surface area contributed by atoms with Gasteiger partial charge in [0.2, 0.25) is 5.91 Å². The third kappa shape index (κ3) is 3.68. The highest BCUT2D eigenvalue weighted by atomic mass is 32.1. The lowest BCUT2D eigenvalue weighted by atomic mass is 10.1. The molecule has 2 heterocycles. The summed E-state index contributed by atoms with van der Waals surface area (Å²) < 4.78 is 5.56. The SMILES string of the molecule is CCc1ccccc1NC(=O)Cc1csc(-c2ccc(C)o2)n1. The second kappa shape index (κ2) is 6.79. The summed E-state index contributed by atoms with van der Waals surface area (Å²) in [7, 11) is 0. The first-order valence-corrected chi connectivity index (χ1v) is 8.42. The van der Waals surface area contributed by atoms with Crippen LogP contribution < -0.4 is 5.32 Å². The van der Waals surface area contributed by atoms with E-state index in [0.717, 1.165) is 39.9 Å². The summed E-state index contributed by atoms with van der Waals surface area (Å²) in [5.74, 6) is 1.54. The number of nitrogens with one attached hydrogen (secondary N) is 1. The number of furan rings is 1. The molecule has 2 aromatic heterocycles. The molecule has 0 saturated heterocycles. The van der Waals surface area contributed by atoms with E-state index in [4.69, 9.17) is 4.42 Å². The van der Waals surface area contributed by atoms with Crippen LogP contribution in [0.15, 0.2) is 46.2 Å². The van der Waals surface area contributed by atoms with Crippen molar-refractivity contribution in [3.63, 3.8) is 0 Å². The quantitative estimate of drug-likeness (QED) is 0.753. The molecule has 0 aliphatic rings. The zero-order valence-electron chi connectivity index (χ0n) is 13.1. The van der Waals surface area contributed by atoms with E-state index in [-0.39, 0.29) is 12.3 Å². The van der Waals surface area contributed by atoms with E-state index in [1.807, 2.05) is 48.7 Å². The maximum absolute atomic E-state index is 12.2. The molecule has 0 atom stereocenters. The maximum atomic E-state index is 12.2. The number of carbonyl (C=O) groups is 1. The van der Waals surface area contributed by atoms with E-state index in [9.17, 15) is 4.79 Å². The Morgan fingerprint density at radius 2 is 2.09 bits per heavy atom. The Balaban J connectivity index is 1.68. The molecule has 3 aromatic rings. The van der Waals surface area contributed by atoms with E-state index in [0.29, 0.717) is 0 Å². The topological polar surface area (TPSA) is 55.1 Å². The fourth-order valence-electron chi connectivity index (χ4n) is 2.36. The lowest BCUT2D eigenvalue weighted by Gasteiger charge is -2.08. The highest BCUT2D eigenvalue weighted by molar-refractivity contribution is 7.13. The van der Waals surface area contributed by atoms with Crippen LogP contribution in [-0.4, -0.2) is 10.9 Å². The van der Waals surface area contributed by atoms with E-state index < -0.39 is 0 Å². The van der Waals surface area contributed by atoms with E-state index >= 15 is 0 Å². The zero-order chi connectivity index (χ0) is 16.2. The predicted molar refractivity (Wildman–Crippen MR) is 92.7 cm³/mol. The predicted octanol–water partition coefficient (Wildman–Crippen LogP) is 4.46. The van der Waals surface area contributed by atoms with Crippen LogP contribution in [-0.2, 0) is 17.6 Å². The van der Waals surface area contributed by atoms with Gasteiger partial charge in [-0.3, -0.25) is 4.79 Å². The Labute approximate surface area is 139 Å². The first-order valence-electron chi connectivity index (χ1n) is 7.54. The number of hydrogen-bond acceptors (Lipinski definition) is 4. The van der Waals surface area contributed by atoms with Crippen molar-refractivity contribution in [2.75, 3.05) is 5.32 Å². The van der Waals surface area contributed by atoms with Gasteiger partial charge in [-0.25, -0.2) is 4.98 Å². The van der Waals surface area contributed by atoms with Gasteiger partial charge >= 0.3 is 0 Å². The van der Waals surface area contributed by atoms with Crippen LogP contribution in [0.25, 0.3) is 10.8 Å². The van der Waals surface area contributed by atoms with E-state index in [1.165, 1.54) is 11.3 Å². The van der Waals surface area contributed by atoms with Crippen LogP contribution in [0, 0.1) is 6.92 Å². The van der Waals surface area contributed by atoms with Gasteiger partial charge in [-0.05, 0) is 37.1 Å². The van der Waals surface area contributed by atoms with Gasteiger partial charge in [0.25, 0.3) is 0 Å². The van der Waals surface area contributed by atoms with Gasteiger partial charge in [-0.2, -0.15) is 0 Å². The van der Waals surface area contributed by atoms with Gasteiger partial charge < -0.3 is 9.73 Å². The van der Waals surface area contributed by atoms with Crippen molar-refractivity contribution in [1.29, 1.82) is 0 Å². The molecule has 4 nitrogen and oxygen atoms in total. The molecular formula is C18H18N2O2S. The number of para-hydroxylation sites is 1. The number of benzene rings is 1. The van der Waals surface area contributed by atoms with E-state index in [2.05, 4.69) is 17.2 Å². The maximum Gasteiger partial charge on any atom is 0.230 e. The minimum atomic E-state index is -0.0571. The van der Waals surface area contributed by atoms with Gasteiger partial charge in [0.15, 0.2) is 10.8 Å². The first kappa shape index (κ1) is 15.5. The number of hydrogen-bond donors (Lipinski definition) is 1. The largest absolute Gasteiger partial charge is 0.459 e.